The van der Waals surface area contributed by atoms with Crippen LogP contribution in [-0.2, 0) is 14.9 Å². The standard InChI is InChI=1S/C39H30O8/c1-3-42-37(40)33-21-23-35(46-33)44-27-17-13-25(14-18-27)39(31-11-7-5-9-29(31)30-10-6-8-12-32(30)39)26-15-19-28(20-16-26)45-36-24-22-34(47-36)38(41)43-4-2/h5-24H,3-4H2,1-2H3. The van der Waals surface area contributed by atoms with Crippen LogP contribution >= 0.6 is 0 Å². The molecule has 7 rings (SSSR count). The molecule has 1 aliphatic carbocycles. The van der Waals surface area contributed by atoms with Crippen molar-refractivity contribution in [3.05, 3.63) is 155 Å². The summed E-state index contributed by atoms with van der Waals surface area (Å²) in [6, 6.07) is 38.9. The molecule has 0 radical (unpaired) electrons. The fourth-order valence-electron chi connectivity index (χ4n) is 6.18. The van der Waals surface area contributed by atoms with Crippen LogP contribution in [0.1, 0.15) is 57.2 Å². The summed E-state index contributed by atoms with van der Waals surface area (Å²) in [7, 11) is 0. The molecule has 0 atom stereocenters. The number of fused-ring (bicyclic) bond motifs is 3. The van der Waals surface area contributed by atoms with Crippen LogP contribution in [0.3, 0.4) is 0 Å². The molecule has 4 aromatic carbocycles. The first-order chi connectivity index (χ1) is 23.0. The number of esters is 2. The Bertz CT molecular complexity index is 1900. The summed E-state index contributed by atoms with van der Waals surface area (Å²) in [5, 5.41) is 0. The molecule has 0 saturated heterocycles. The smallest absolute Gasteiger partial charge is 0.374 e. The fourth-order valence-corrected chi connectivity index (χ4v) is 6.18. The summed E-state index contributed by atoms with van der Waals surface area (Å²) in [5.74, 6) is 0.559. The van der Waals surface area contributed by atoms with Gasteiger partial charge in [0.15, 0.2) is 0 Å². The molecule has 0 bridgehead atoms. The van der Waals surface area contributed by atoms with Gasteiger partial charge in [-0.25, -0.2) is 9.59 Å². The van der Waals surface area contributed by atoms with Crippen molar-refractivity contribution in [1.29, 1.82) is 0 Å². The molecule has 0 N–H and O–H groups in total. The number of carbonyl (C=O) groups is 2. The molecule has 0 saturated carbocycles. The van der Waals surface area contributed by atoms with E-state index in [4.69, 9.17) is 27.8 Å². The third-order valence-electron chi connectivity index (χ3n) is 8.08. The number of hydrogen-bond acceptors (Lipinski definition) is 8. The lowest BCUT2D eigenvalue weighted by Crippen LogP contribution is -2.28. The first-order valence-corrected chi connectivity index (χ1v) is 15.3. The lowest BCUT2D eigenvalue weighted by Gasteiger charge is -2.34. The number of carbonyl (C=O) groups excluding carboxylic acids is 2. The molecular formula is C39H30O8. The van der Waals surface area contributed by atoms with E-state index in [-0.39, 0.29) is 36.6 Å². The van der Waals surface area contributed by atoms with Gasteiger partial charge in [0.1, 0.15) is 11.5 Å². The largest absolute Gasteiger partial charge is 0.460 e. The van der Waals surface area contributed by atoms with Crippen molar-refractivity contribution in [2.75, 3.05) is 13.2 Å². The van der Waals surface area contributed by atoms with E-state index < -0.39 is 17.4 Å². The Labute approximate surface area is 271 Å². The average Bonchev–Trinajstić information content (AvgIpc) is 3.84. The van der Waals surface area contributed by atoms with Crippen LogP contribution < -0.4 is 9.47 Å². The Hall–Kier alpha value is -6.02. The van der Waals surface area contributed by atoms with Gasteiger partial charge in [0.05, 0.1) is 18.6 Å². The van der Waals surface area contributed by atoms with Crippen molar-refractivity contribution in [3.63, 3.8) is 0 Å². The fraction of sp³-hybridized carbons (Fsp3) is 0.128. The molecule has 6 aromatic rings. The Morgan fingerprint density at radius 3 is 1.34 bits per heavy atom. The SMILES string of the molecule is CCOC(=O)c1ccc(Oc2ccc(C3(c4ccc(Oc5ccc(C(=O)OCC)o5)cc4)c4ccccc4-c4ccccc43)cc2)o1. The van der Waals surface area contributed by atoms with Crippen LogP contribution in [0.25, 0.3) is 11.1 Å². The van der Waals surface area contributed by atoms with E-state index in [0.29, 0.717) is 11.5 Å². The number of hydrogen-bond donors (Lipinski definition) is 0. The van der Waals surface area contributed by atoms with E-state index in [1.807, 2.05) is 48.5 Å². The van der Waals surface area contributed by atoms with Gasteiger partial charge in [-0.15, -0.1) is 0 Å². The molecule has 0 fully saturated rings. The predicted molar refractivity (Wildman–Crippen MR) is 173 cm³/mol. The van der Waals surface area contributed by atoms with E-state index in [1.165, 1.54) is 12.1 Å². The molecular weight excluding hydrogens is 596 g/mol. The van der Waals surface area contributed by atoms with Crippen molar-refractivity contribution < 1.29 is 37.4 Å². The molecule has 0 unspecified atom stereocenters. The zero-order chi connectivity index (χ0) is 32.4. The topological polar surface area (TPSA) is 97.3 Å². The second kappa shape index (κ2) is 12.4. The zero-order valence-electron chi connectivity index (χ0n) is 25.7. The zero-order valence-corrected chi connectivity index (χ0v) is 25.7. The number of benzene rings is 4. The lowest BCUT2D eigenvalue weighted by atomic mass is 9.68. The maximum absolute atomic E-state index is 12.0. The van der Waals surface area contributed by atoms with Crippen molar-refractivity contribution in [1.82, 2.24) is 0 Å². The van der Waals surface area contributed by atoms with Gasteiger partial charge in [-0.3, -0.25) is 0 Å². The normalized spacial score (nSPS) is 12.6. The maximum Gasteiger partial charge on any atom is 0.374 e. The number of furan rings is 2. The van der Waals surface area contributed by atoms with Gasteiger partial charge in [0.2, 0.25) is 11.5 Å². The van der Waals surface area contributed by atoms with Crippen molar-refractivity contribution in [2.24, 2.45) is 0 Å². The van der Waals surface area contributed by atoms with E-state index in [0.717, 1.165) is 33.4 Å². The summed E-state index contributed by atoms with van der Waals surface area (Å²) >= 11 is 0. The first-order valence-electron chi connectivity index (χ1n) is 15.3. The minimum absolute atomic E-state index is 0.0792. The predicted octanol–water partition coefficient (Wildman–Crippen LogP) is 9.17. The molecule has 47 heavy (non-hydrogen) atoms. The van der Waals surface area contributed by atoms with Crippen LogP contribution in [0.15, 0.2) is 130 Å². The Kier molecular flexibility index (Phi) is 7.83. The van der Waals surface area contributed by atoms with Crippen molar-refractivity contribution in [2.45, 2.75) is 19.3 Å². The minimum Gasteiger partial charge on any atom is -0.460 e. The van der Waals surface area contributed by atoms with Gasteiger partial charge < -0.3 is 27.8 Å². The van der Waals surface area contributed by atoms with Crippen LogP contribution in [0.2, 0.25) is 0 Å². The third kappa shape index (κ3) is 5.33. The second-order valence-electron chi connectivity index (χ2n) is 10.8. The Morgan fingerprint density at radius 1 is 0.532 bits per heavy atom. The minimum atomic E-state index is -0.645. The third-order valence-corrected chi connectivity index (χ3v) is 8.08. The molecule has 2 aromatic heterocycles. The highest BCUT2D eigenvalue weighted by molar-refractivity contribution is 5.87. The molecule has 0 amide bonds. The molecule has 2 heterocycles. The molecule has 0 aliphatic heterocycles. The quantitative estimate of drug-likeness (QED) is 0.139. The lowest BCUT2D eigenvalue weighted by molar-refractivity contribution is 0.0477. The van der Waals surface area contributed by atoms with Crippen LogP contribution in [0.4, 0.5) is 0 Å². The second-order valence-corrected chi connectivity index (χ2v) is 10.8. The monoisotopic (exact) mass is 626 g/mol. The summed E-state index contributed by atoms with van der Waals surface area (Å²) < 4.78 is 33.0. The number of ether oxygens (including phenoxy) is 4. The van der Waals surface area contributed by atoms with Crippen LogP contribution in [-0.4, -0.2) is 25.2 Å². The van der Waals surface area contributed by atoms with Crippen LogP contribution in [0.5, 0.6) is 23.4 Å². The molecule has 8 nitrogen and oxygen atoms in total. The van der Waals surface area contributed by atoms with Gasteiger partial charge in [-0.1, -0.05) is 72.8 Å². The Balaban J connectivity index is 1.25. The van der Waals surface area contributed by atoms with Gasteiger partial charge in [-0.2, -0.15) is 0 Å². The molecule has 0 spiro atoms. The number of rotatable bonds is 10. The van der Waals surface area contributed by atoms with Crippen molar-refractivity contribution >= 4 is 11.9 Å². The van der Waals surface area contributed by atoms with E-state index in [2.05, 4.69) is 48.5 Å². The van der Waals surface area contributed by atoms with Crippen LogP contribution in [0, 0.1) is 0 Å². The van der Waals surface area contributed by atoms with Gasteiger partial charge in [-0.05, 0) is 83.6 Å². The Morgan fingerprint density at radius 2 is 0.936 bits per heavy atom. The summed E-state index contributed by atoms with van der Waals surface area (Å²) in [4.78, 5) is 24.1. The van der Waals surface area contributed by atoms with Gasteiger partial charge in [0, 0.05) is 12.1 Å². The average molecular weight is 627 g/mol. The van der Waals surface area contributed by atoms with E-state index >= 15 is 0 Å². The molecule has 8 heteroatoms. The highest BCUT2D eigenvalue weighted by Gasteiger charge is 2.45. The molecule has 1 aliphatic rings. The highest BCUT2D eigenvalue weighted by Crippen LogP contribution is 2.56. The first kappa shape index (κ1) is 29.7. The van der Waals surface area contributed by atoms with Crippen molar-refractivity contribution in [3.8, 4) is 34.5 Å². The maximum atomic E-state index is 12.0. The van der Waals surface area contributed by atoms with E-state index in [1.54, 1.807) is 26.0 Å². The summed E-state index contributed by atoms with van der Waals surface area (Å²) in [6.07, 6.45) is 0. The summed E-state index contributed by atoms with van der Waals surface area (Å²) in [6.45, 7) is 3.98. The van der Waals surface area contributed by atoms with E-state index in [9.17, 15) is 9.59 Å². The molecule has 234 valence electrons. The van der Waals surface area contributed by atoms with Gasteiger partial charge >= 0.3 is 11.9 Å². The highest BCUT2D eigenvalue weighted by atomic mass is 16.6. The van der Waals surface area contributed by atoms with Gasteiger partial charge in [0.25, 0.3) is 11.9 Å². The summed E-state index contributed by atoms with van der Waals surface area (Å²) in [5.41, 5.74) is 6.05.